The van der Waals surface area contributed by atoms with Crippen molar-refractivity contribution in [1.29, 1.82) is 0 Å². The second kappa shape index (κ2) is 7.26. The molecule has 0 N–H and O–H groups in total. The molecule has 0 fully saturated rings. The van der Waals surface area contributed by atoms with Gasteiger partial charge in [0.15, 0.2) is 5.43 Å². The van der Waals surface area contributed by atoms with E-state index in [0.29, 0.717) is 16.5 Å². The molecular formula is C25H18BrNO3. The van der Waals surface area contributed by atoms with Gasteiger partial charge in [-0.3, -0.25) is 14.5 Å². The van der Waals surface area contributed by atoms with E-state index in [1.165, 1.54) is 5.56 Å². The van der Waals surface area contributed by atoms with Gasteiger partial charge in [0.2, 0.25) is 5.76 Å². The van der Waals surface area contributed by atoms with Crippen LogP contribution in [0.15, 0.2) is 86.5 Å². The third kappa shape index (κ3) is 2.89. The van der Waals surface area contributed by atoms with Crippen LogP contribution in [0.3, 0.4) is 0 Å². The molecular weight excluding hydrogens is 442 g/mol. The van der Waals surface area contributed by atoms with E-state index in [1.807, 2.05) is 48.5 Å². The fraction of sp³-hybridized carbons (Fsp3) is 0.120. The molecule has 1 aliphatic rings. The molecule has 0 aliphatic carbocycles. The summed E-state index contributed by atoms with van der Waals surface area (Å²) in [7, 11) is 0. The highest BCUT2D eigenvalue weighted by atomic mass is 79.9. The number of carbonyl (C=O) groups is 1. The number of rotatable bonds is 3. The molecule has 4 nitrogen and oxygen atoms in total. The second-order valence-corrected chi connectivity index (χ2v) is 8.24. The van der Waals surface area contributed by atoms with Gasteiger partial charge in [0.25, 0.3) is 5.91 Å². The largest absolute Gasteiger partial charge is 0.450 e. The zero-order valence-electron chi connectivity index (χ0n) is 16.3. The quantitative estimate of drug-likeness (QED) is 0.385. The topological polar surface area (TPSA) is 50.5 Å². The van der Waals surface area contributed by atoms with Gasteiger partial charge in [-0.2, -0.15) is 0 Å². The number of amides is 1. The molecule has 3 aromatic carbocycles. The van der Waals surface area contributed by atoms with Crippen LogP contribution in [0.5, 0.6) is 0 Å². The molecule has 1 aromatic heterocycles. The molecule has 1 amide bonds. The Labute approximate surface area is 181 Å². The lowest BCUT2D eigenvalue weighted by Crippen LogP contribution is -2.29. The number of benzene rings is 3. The summed E-state index contributed by atoms with van der Waals surface area (Å²) in [5, 5.41) is 0.479. The Balaban J connectivity index is 1.79. The van der Waals surface area contributed by atoms with E-state index >= 15 is 0 Å². The molecule has 1 unspecified atom stereocenters. The maximum Gasteiger partial charge on any atom is 0.295 e. The van der Waals surface area contributed by atoms with E-state index in [9.17, 15) is 9.59 Å². The van der Waals surface area contributed by atoms with Crippen molar-refractivity contribution in [1.82, 2.24) is 0 Å². The van der Waals surface area contributed by atoms with Crippen molar-refractivity contribution in [3.63, 3.8) is 0 Å². The Hall–Kier alpha value is -3.18. The highest BCUT2D eigenvalue weighted by Crippen LogP contribution is 2.41. The van der Waals surface area contributed by atoms with Gasteiger partial charge in [0, 0.05) is 10.2 Å². The summed E-state index contributed by atoms with van der Waals surface area (Å²) in [5.41, 5.74) is 3.40. The molecule has 0 radical (unpaired) electrons. The lowest BCUT2D eigenvalue weighted by Gasteiger charge is -2.25. The molecule has 0 bridgehead atoms. The standard InChI is InChI=1S/C25H18BrNO3/c1-2-15-10-12-18(13-11-15)27-22(16-6-5-7-17(26)14-16)21-23(28)19-8-3-4-9-20(19)30-24(21)25(27)29/h3-14,22H,2H2,1H3. The average Bonchev–Trinajstić information content (AvgIpc) is 3.07. The molecule has 30 heavy (non-hydrogen) atoms. The monoisotopic (exact) mass is 459 g/mol. The van der Waals surface area contributed by atoms with Gasteiger partial charge < -0.3 is 4.42 Å². The fourth-order valence-electron chi connectivity index (χ4n) is 4.07. The molecule has 1 aliphatic heterocycles. The Bertz CT molecular complexity index is 1340. The molecule has 5 heteroatoms. The number of halogens is 1. The normalized spacial score (nSPS) is 15.6. The van der Waals surface area contributed by atoms with Crippen LogP contribution in [0, 0.1) is 0 Å². The Kier molecular flexibility index (Phi) is 4.55. The first-order chi connectivity index (χ1) is 14.6. The molecule has 0 spiro atoms. The first-order valence-corrected chi connectivity index (χ1v) is 10.6. The predicted molar refractivity (Wildman–Crippen MR) is 121 cm³/mol. The molecule has 2 heterocycles. The van der Waals surface area contributed by atoms with Crippen LogP contribution in [0.1, 0.15) is 40.2 Å². The van der Waals surface area contributed by atoms with Crippen molar-refractivity contribution in [2.45, 2.75) is 19.4 Å². The summed E-state index contributed by atoms with van der Waals surface area (Å²) in [6.45, 7) is 2.09. The van der Waals surface area contributed by atoms with Gasteiger partial charge >= 0.3 is 0 Å². The molecule has 4 aromatic rings. The summed E-state index contributed by atoms with van der Waals surface area (Å²) < 4.78 is 6.85. The van der Waals surface area contributed by atoms with E-state index in [-0.39, 0.29) is 17.1 Å². The minimum atomic E-state index is -0.557. The predicted octanol–water partition coefficient (Wildman–Crippen LogP) is 5.87. The number of nitrogens with zero attached hydrogens (tertiary/aromatic N) is 1. The van der Waals surface area contributed by atoms with E-state index in [1.54, 1.807) is 29.2 Å². The Morgan fingerprint density at radius 3 is 2.47 bits per heavy atom. The van der Waals surface area contributed by atoms with E-state index in [2.05, 4.69) is 22.9 Å². The van der Waals surface area contributed by atoms with Crippen LogP contribution in [-0.2, 0) is 6.42 Å². The average molecular weight is 460 g/mol. The van der Waals surface area contributed by atoms with E-state index in [4.69, 9.17) is 4.42 Å². The summed E-state index contributed by atoms with van der Waals surface area (Å²) in [6, 6.07) is 22.1. The van der Waals surface area contributed by atoms with Gasteiger partial charge in [-0.1, -0.05) is 59.3 Å². The van der Waals surface area contributed by atoms with Crippen LogP contribution in [0.2, 0.25) is 0 Å². The van der Waals surface area contributed by atoms with Crippen molar-refractivity contribution in [2.24, 2.45) is 0 Å². The summed E-state index contributed by atoms with van der Waals surface area (Å²) >= 11 is 3.51. The number of aryl methyl sites for hydroxylation is 1. The first-order valence-electron chi connectivity index (χ1n) is 9.82. The number of carbonyl (C=O) groups excluding carboxylic acids is 1. The molecule has 148 valence electrons. The number of hydrogen-bond donors (Lipinski definition) is 0. The first kappa shape index (κ1) is 18.8. The number of hydrogen-bond acceptors (Lipinski definition) is 3. The fourth-order valence-corrected chi connectivity index (χ4v) is 4.49. The zero-order valence-corrected chi connectivity index (χ0v) is 17.8. The maximum absolute atomic E-state index is 13.5. The second-order valence-electron chi connectivity index (χ2n) is 7.32. The SMILES string of the molecule is CCc1ccc(N2C(=O)c3oc4ccccc4c(=O)c3C2c2cccc(Br)c2)cc1. The Morgan fingerprint density at radius 2 is 1.73 bits per heavy atom. The van der Waals surface area contributed by atoms with Gasteiger partial charge in [0.1, 0.15) is 5.58 Å². The highest BCUT2D eigenvalue weighted by Gasteiger charge is 2.43. The Morgan fingerprint density at radius 1 is 0.967 bits per heavy atom. The van der Waals surface area contributed by atoms with Crippen molar-refractivity contribution in [3.05, 3.63) is 110 Å². The lowest BCUT2D eigenvalue weighted by molar-refractivity contribution is 0.0971. The molecule has 5 rings (SSSR count). The summed E-state index contributed by atoms with van der Waals surface area (Å²) in [4.78, 5) is 28.6. The van der Waals surface area contributed by atoms with E-state index < -0.39 is 6.04 Å². The smallest absolute Gasteiger partial charge is 0.295 e. The zero-order chi connectivity index (χ0) is 20.8. The van der Waals surface area contributed by atoms with E-state index in [0.717, 1.165) is 22.1 Å². The minimum absolute atomic E-state index is 0.114. The van der Waals surface area contributed by atoms with Gasteiger partial charge in [-0.15, -0.1) is 0 Å². The summed E-state index contributed by atoms with van der Waals surface area (Å²) in [5.74, 6) is -0.190. The third-order valence-corrected chi connectivity index (χ3v) is 6.06. The lowest BCUT2D eigenvalue weighted by atomic mass is 9.98. The summed E-state index contributed by atoms with van der Waals surface area (Å²) in [6.07, 6.45) is 0.912. The van der Waals surface area contributed by atoms with Crippen LogP contribution in [0.4, 0.5) is 5.69 Å². The van der Waals surface area contributed by atoms with Crippen molar-refractivity contribution < 1.29 is 9.21 Å². The van der Waals surface area contributed by atoms with Crippen LogP contribution in [-0.4, -0.2) is 5.91 Å². The van der Waals surface area contributed by atoms with Crippen LogP contribution in [0.25, 0.3) is 11.0 Å². The molecule has 0 saturated heterocycles. The number of para-hydroxylation sites is 1. The third-order valence-electron chi connectivity index (χ3n) is 5.56. The van der Waals surface area contributed by atoms with Gasteiger partial charge in [-0.05, 0) is 53.9 Å². The highest BCUT2D eigenvalue weighted by molar-refractivity contribution is 9.10. The maximum atomic E-state index is 13.5. The molecule has 1 atom stereocenters. The van der Waals surface area contributed by atoms with Crippen LogP contribution >= 0.6 is 15.9 Å². The minimum Gasteiger partial charge on any atom is -0.450 e. The number of anilines is 1. The van der Waals surface area contributed by atoms with Gasteiger partial charge in [-0.25, -0.2) is 0 Å². The van der Waals surface area contributed by atoms with Gasteiger partial charge in [0.05, 0.1) is 17.0 Å². The van der Waals surface area contributed by atoms with Crippen LogP contribution < -0.4 is 10.3 Å². The number of fused-ring (bicyclic) bond motifs is 2. The van der Waals surface area contributed by atoms with Crippen molar-refractivity contribution in [3.8, 4) is 0 Å². The molecule has 0 saturated carbocycles. The van der Waals surface area contributed by atoms with Crippen molar-refractivity contribution >= 4 is 38.5 Å². The van der Waals surface area contributed by atoms with Crippen molar-refractivity contribution in [2.75, 3.05) is 4.90 Å².